The van der Waals surface area contributed by atoms with Crippen LogP contribution in [0.3, 0.4) is 0 Å². The topological polar surface area (TPSA) is 61.0 Å². The van der Waals surface area contributed by atoms with Crippen molar-refractivity contribution in [1.29, 1.82) is 0 Å². The van der Waals surface area contributed by atoms with Gasteiger partial charge in [-0.1, -0.05) is 5.16 Å². The molecular formula is C10H11N3O2. The van der Waals surface area contributed by atoms with Crippen molar-refractivity contribution in [3.8, 4) is 11.6 Å². The lowest BCUT2D eigenvalue weighted by atomic mass is 10.2. The fraction of sp³-hybridized carbons (Fsp3) is 0.300. The zero-order valence-electron chi connectivity index (χ0n) is 8.60. The molecule has 0 saturated heterocycles. The van der Waals surface area contributed by atoms with E-state index in [1.54, 1.807) is 20.2 Å². The van der Waals surface area contributed by atoms with Crippen molar-refractivity contribution < 1.29 is 9.26 Å². The lowest BCUT2D eigenvalue weighted by Crippen LogP contribution is -1.90. The first-order valence-electron chi connectivity index (χ1n) is 4.54. The van der Waals surface area contributed by atoms with Gasteiger partial charge in [-0.2, -0.15) is 4.98 Å². The standard InChI is InChI=1S/C10H11N3O2/c1-7-12-10(15-13-7)9-5-8(6-14-2)3-4-11-9/h3-5H,6H2,1-2H3. The Balaban J connectivity index is 2.32. The first kappa shape index (κ1) is 9.79. The molecule has 5 nitrogen and oxygen atoms in total. The van der Waals surface area contributed by atoms with Crippen LogP contribution in [0.1, 0.15) is 11.4 Å². The molecule has 15 heavy (non-hydrogen) atoms. The Morgan fingerprint density at radius 3 is 3.00 bits per heavy atom. The van der Waals surface area contributed by atoms with Crippen LogP contribution >= 0.6 is 0 Å². The number of nitrogens with zero attached hydrogens (tertiary/aromatic N) is 3. The summed E-state index contributed by atoms with van der Waals surface area (Å²) in [4.78, 5) is 8.25. The second-order valence-corrected chi connectivity index (χ2v) is 3.13. The number of aromatic nitrogens is 3. The van der Waals surface area contributed by atoms with E-state index < -0.39 is 0 Å². The Bertz CT molecular complexity index is 453. The van der Waals surface area contributed by atoms with E-state index in [9.17, 15) is 0 Å². The summed E-state index contributed by atoms with van der Waals surface area (Å²) in [5.74, 6) is 1.04. The third-order valence-corrected chi connectivity index (χ3v) is 1.88. The van der Waals surface area contributed by atoms with Crippen LogP contribution in [0.25, 0.3) is 11.6 Å². The van der Waals surface area contributed by atoms with E-state index in [1.165, 1.54) is 0 Å². The predicted octanol–water partition coefficient (Wildman–Crippen LogP) is 1.59. The summed E-state index contributed by atoms with van der Waals surface area (Å²) in [6, 6.07) is 3.76. The number of ether oxygens (including phenoxy) is 1. The Hall–Kier alpha value is -1.75. The summed E-state index contributed by atoms with van der Waals surface area (Å²) in [6.07, 6.45) is 1.70. The number of rotatable bonds is 3. The summed E-state index contributed by atoms with van der Waals surface area (Å²) < 4.78 is 10.0. The third-order valence-electron chi connectivity index (χ3n) is 1.88. The lowest BCUT2D eigenvalue weighted by Gasteiger charge is -1.99. The highest BCUT2D eigenvalue weighted by molar-refractivity contribution is 5.47. The summed E-state index contributed by atoms with van der Waals surface area (Å²) in [7, 11) is 1.65. The normalized spacial score (nSPS) is 10.5. The molecule has 0 N–H and O–H groups in total. The number of pyridine rings is 1. The highest BCUT2D eigenvalue weighted by atomic mass is 16.5. The number of hydrogen-bond donors (Lipinski definition) is 0. The molecule has 0 bridgehead atoms. The maximum Gasteiger partial charge on any atom is 0.276 e. The highest BCUT2D eigenvalue weighted by Gasteiger charge is 2.07. The lowest BCUT2D eigenvalue weighted by molar-refractivity contribution is 0.185. The molecular weight excluding hydrogens is 194 g/mol. The van der Waals surface area contributed by atoms with Gasteiger partial charge in [-0.3, -0.25) is 4.98 Å². The van der Waals surface area contributed by atoms with Crippen molar-refractivity contribution in [2.75, 3.05) is 7.11 Å². The van der Waals surface area contributed by atoms with E-state index in [-0.39, 0.29) is 0 Å². The van der Waals surface area contributed by atoms with Crippen LogP contribution in [0, 0.1) is 6.92 Å². The van der Waals surface area contributed by atoms with Crippen molar-refractivity contribution in [3.63, 3.8) is 0 Å². The fourth-order valence-corrected chi connectivity index (χ4v) is 1.25. The van der Waals surface area contributed by atoms with Gasteiger partial charge in [0.15, 0.2) is 5.82 Å². The SMILES string of the molecule is COCc1ccnc(-c2nc(C)no2)c1. The number of aryl methyl sites for hydroxylation is 1. The quantitative estimate of drug-likeness (QED) is 0.761. The molecule has 0 amide bonds. The minimum atomic E-state index is 0.436. The van der Waals surface area contributed by atoms with Gasteiger partial charge in [0.05, 0.1) is 6.61 Å². The number of hydrogen-bond acceptors (Lipinski definition) is 5. The van der Waals surface area contributed by atoms with Crippen molar-refractivity contribution >= 4 is 0 Å². The summed E-state index contributed by atoms with van der Waals surface area (Å²) in [5, 5.41) is 3.71. The van der Waals surface area contributed by atoms with E-state index in [4.69, 9.17) is 9.26 Å². The molecule has 78 valence electrons. The van der Waals surface area contributed by atoms with Crippen LogP contribution < -0.4 is 0 Å². The van der Waals surface area contributed by atoms with Gasteiger partial charge in [0.1, 0.15) is 5.69 Å². The van der Waals surface area contributed by atoms with Crippen LogP contribution in [0.5, 0.6) is 0 Å². The number of methoxy groups -OCH3 is 1. The van der Waals surface area contributed by atoms with Gasteiger partial charge >= 0.3 is 0 Å². The van der Waals surface area contributed by atoms with Crippen molar-refractivity contribution in [2.24, 2.45) is 0 Å². The molecule has 5 heteroatoms. The molecule has 2 aromatic heterocycles. The zero-order valence-corrected chi connectivity index (χ0v) is 8.60. The van der Waals surface area contributed by atoms with E-state index in [0.29, 0.717) is 24.0 Å². The van der Waals surface area contributed by atoms with Gasteiger partial charge < -0.3 is 9.26 Å². The minimum absolute atomic E-state index is 0.436. The van der Waals surface area contributed by atoms with Gasteiger partial charge in [-0.05, 0) is 24.6 Å². The molecule has 0 aliphatic heterocycles. The molecule has 2 heterocycles. The van der Waals surface area contributed by atoms with E-state index in [1.807, 2.05) is 12.1 Å². The van der Waals surface area contributed by atoms with Crippen molar-refractivity contribution in [2.45, 2.75) is 13.5 Å². The Morgan fingerprint density at radius 1 is 1.47 bits per heavy atom. The predicted molar refractivity (Wildman–Crippen MR) is 53.0 cm³/mol. The summed E-state index contributed by atoms with van der Waals surface area (Å²) in [6.45, 7) is 2.31. The average molecular weight is 205 g/mol. The monoisotopic (exact) mass is 205 g/mol. The van der Waals surface area contributed by atoms with Crippen molar-refractivity contribution in [1.82, 2.24) is 15.1 Å². The summed E-state index contributed by atoms with van der Waals surface area (Å²) >= 11 is 0. The molecule has 0 aromatic carbocycles. The van der Waals surface area contributed by atoms with Crippen LogP contribution in [0.4, 0.5) is 0 Å². The molecule has 2 aromatic rings. The van der Waals surface area contributed by atoms with E-state index in [2.05, 4.69) is 15.1 Å². The summed E-state index contributed by atoms with van der Waals surface area (Å²) in [5.41, 5.74) is 1.70. The maximum absolute atomic E-state index is 5.03. The maximum atomic E-state index is 5.03. The first-order valence-corrected chi connectivity index (χ1v) is 4.54. The Labute approximate surface area is 87.1 Å². The van der Waals surface area contributed by atoms with Gasteiger partial charge in [0, 0.05) is 13.3 Å². The smallest absolute Gasteiger partial charge is 0.276 e. The van der Waals surface area contributed by atoms with Gasteiger partial charge in [0.25, 0.3) is 5.89 Å². The van der Waals surface area contributed by atoms with Crippen molar-refractivity contribution in [3.05, 3.63) is 29.7 Å². The van der Waals surface area contributed by atoms with Gasteiger partial charge in [-0.15, -0.1) is 0 Å². The molecule has 0 aliphatic rings. The van der Waals surface area contributed by atoms with E-state index >= 15 is 0 Å². The van der Waals surface area contributed by atoms with Gasteiger partial charge in [0.2, 0.25) is 0 Å². The van der Waals surface area contributed by atoms with Gasteiger partial charge in [-0.25, -0.2) is 0 Å². The van der Waals surface area contributed by atoms with E-state index in [0.717, 1.165) is 5.56 Å². The highest BCUT2D eigenvalue weighted by Crippen LogP contribution is 2.15. The molecule has 0 spiro atoms. The largest absolute Gasteiger partial charge is 0.380 e. The first-order chi connectivity index (χ1) is 7.29. The molecule has 0 fully saturated rings. The Kier molecular flexibility index (Phi) is 2.73. The second kappa shape index (κ2) is 4.18. The Morgan fingerprint density at radius 2 is 2.33 bits per heavy atom. The molecule has 0 aliphatic carbocycles. The molecule has 0 unspecified atom stereocenters. The zero-order chi connectivity index (χ0) is 10.7. The van der Waals surface area contributed by atoms with Crippen LogP contribution in [0.15, 0.2) is 22.9 Å². The average Bonchev–Trinajstić information content (AvgIpc) is 2.66. The molecule has 0 radical (unpaired) electrons. The van der Waals surface area contributed by atoms with Crippen LogP contribution in [0.2, 0.25) is 0 Å². The second-order valence-electron chi connectivity index (χ2n) is 3.13. The van der Waals surface area contributed by atoms with Crippen LogP contribution in [-0.2, 0) is 11.3 Å². The fourth-order valence-electron chi connectivity index (χ4n) is 1.25. The molecule has 0 atom stereocenters. The molecule has 0 saturated carbocycles. The minimum Gasteiger partial charge on any atom is -0.380 e. The van der Waals surface area contributed by atoms with Crippen LogP contribution in [-0.4, -0.2) is 22.2 Å². The third kappa shape index (κ3) is 2.19. The molecule has 2 rings (SSSR count).